The van der Waals surface area contributed by atoms with Crippen molar-refractivity contribution in [1.29, 1.82) is 0 Å². The highest BCUT2D eigenvalue weighted by atomic mass is 19.4. The van der Waals surface area contributed by atoms with E-state index in [0.717, 1.165) is 12.0 Å². The van der Waals surface area contributed by atoms with Crippen LogP contribution >= 0.6 is 0 Å². The smallest absolute Gasteiger partial charge is 0.406 e. The van der Waals surface area contributed by atoms with Gasteiger partial charge < -0.3 is 14.8 Å². The first-order valence-electron chi connectivity index (χ1n) is 6.83. The lowest BCUT2D eigenvalue weighted by atomic mass is 9.64. The first kappa shape index (κ1) is 16.1. The van der Waals surface area contributed by atoms with Crippen LogP contribution in [0.5, 0.6) is 5.75 Å². The van der Waals surface area contributed by atoms with Gasteiger partial charge in [0.1, 0.15) is 5.75 Å². The molecule has 0 bridgehead atoms. The van der Waals surface area contributed by atoms with Crippen LogP contribution in [0.25, 0.3) is 0 Å². The Hall–Kier alpha value is -1.27. The zero-order valence-electron chi connectivity index (χ0n) is 12.3. The molecule has 0 aromatic heterocycles. The van der Waals surface area contributed by atoms with Gasteiger partial charge in [-0.3, -0.25) is 0 Å². The molecule has 2 unspecified atom stereocenters. The summed E-state index contributed by atoms with van der Waals surface area (Å²) in [5.74, 6) is -0.190. The number of methoxy groups -OCH3 is 1. The van der Waals surface area contributed by atoms with E-state index >= 15 is 0 Å². The molecule has 6 heteroatoms. The van der Waals surface area contributed by atoms with Gasteiger partial charge in [0.25, 0.3) is 0 Å². The molecule has 1 N–H and O–H groups in total. The Morgan fingerprint density at radius 2 is 2.05 bits per heavy atom. The van der Waals surface area contributed by atoms with E-state index in [0.29, 0.717) is 6.54 Å². The number of halogens is 3. The average Bonchev–Trinajstić information content (AvgIpc) is 2.36. The standard InChI is InChI=1S/C15H20F3NO2/c1-14(2)12(8-13(14)20-3)19-9-10-5-4-6-11(7-10)21-15(16,17)18/h4-7,12-13,19H,8-9H2,1-3H3. The number of hydrogen-bond acceptors (Lipinski definition) is 3. The van der Waals surface area contributed by atoms with Crippen LogP contribution in [0.3, 0.4) is 0 Å². The predicted molar refractivity (Wildman–Crippen MR) is 72.9 cm³/mol. The normalized spacial score (nSPS) is 24.5. The molecular formula is C15H20F3NO2. The summed E-state index contributed by atoms with van der Waals surface area (Å²) in [4.78, 5) is 0. The molecule has 2 rings (SSSR count). The highest BCUT2D eigenvalue weighted by molar-refractivity contribution is 5.28. The molecule has 0 saturated heterocycles. The summed E-state index contributed by atoms with van der Waals surface area (Å²) in [5.41, 5.74) is 0.780. The van der Waals surface area contributed by atoms with Gasteiger partial charge in [0.2, 0.25) is 0 Å². The Kier molecular flexibility index (Phi) is 4.49. The van der Waals surface area contributed by atoms with Crippen molar-refractivity contribution in [1.82, 2.24) is 5.32 Å². The first-order chi connectivity index (χ1) is 9.72. The maximum Gasteiger partial charge on any atom is 0.573 e. The van der Waals surface area contributed by atoms with Crippen molar-refractivity contribution in [2.45, 2.75) is 45.3 Å². The molecule has 1 aliphatic carbocycles. The molecule has 21 heavy (non-hydrogen) atoms. The van der Waals surface area contributed by atoms with E-state index in [1.54, 1.807) is 19.2 Å². The fraction of sp³-hybridized carbons (Fsp3) is 0.600. The van der Waals surface area contributed by atoms with E-state index in [9.17, 15) is 13.2 Å². The summed E-state index contributed by atoms with van der Waals surface area (Å²) in [7, 11) is 1.70. The number of benzene rings is 1. The van der Waals surface area contributed by atoms with Crippen molar-refractivity contribution >= 4 is 0 Å². The van der Waals surface area contributed by atoms with Crippen LogP contribution in [-0.4, -0.2) is 25.6 Å². The number of rotatable bonds is 5. The van der Waals surface area contributed by atoms with Gasteiger partial charge >= 0.3 is 6.36 Å². The Bertz CT molecular complexity index is 488. The third-order valence-corrected chi connectivity index (χ3v) is 4.15. The highest BCUT2D eigenvalue weighted by Gasteiger charge is 2.48. The summed E-state index contributed by atoms with van der Waals surface area (Å²) < 4.78 is 45.8. The molecule has 1 fully saturated rings. The molecule has 0 amide bonds. The van der Waals surface area contributed by atoms with E-state index in [-0.39, 0.29) is 23.3 Å². The predicted octanol–water partition coefficient (Wildman–Crippen LogP) is 3.49. The second-order valence-electron chi connectivity index (χ2n) is 5.91. The second-order valence-corrected chi connectivity index (χ2v) is 5.91. The third kappa shape index (κ3) is 3.89. The minimum Gasteiger partial charge on any atom is -0.406 e. The molecule has 2 atom stereocenters. The molecule has 1 aliphatic rings. The van der Waals surface area contributed by atoms with E-state index in [4.69, 9.17) is 4.74 Å². The molecule has 0 spiro atoms. The maximum absolute atomic E-state index is 12.2. The quantitative estimate of drug-likeness (QED) is 0.903. The zero-order valence-corrected chi connectivity index (χ0v) is 12.3. The molecule has 0 heterocycles. The fourth-order valence-electron chi connectivity index (χ4n) is 2.73. The monoisotopic (exact) mass is 303 g/mol. The van der Waals surface area contributed by atoms with Crippen molar-refractivity contribution in [3.05, 3.63) is 29.8 Å². The van der Waals surface area contributed by atoms with Gasteiger partial charge in [-0.25, -0.2) is 0 Å². The number of hydrogen-bond donors (Lipinski definition) is 1. The highest BCUT2D eigenvalue weighted by Crippen LogP contribution is 2.42. The molecule has 1 aromatic carbocycles. The maximum atomic E-state index is 12.2. The van der Waals surface area contributed by atoms with Gasteiger partial charge in [0.15, 0.2) is 0 Å². The average molecular weight is 303 g/mol. The van der Waals surface area contributed by atoms with Crippen molar-refractivity contribution in [3.8, 4) is 5.75 Å². The van der Waals surface area contributed by atoms with Gasteiger partial charge in [-0.05, 0) is 24.1 Å². The van der Waals surface area contributed by atoms with E-state index in [1.165, 1.54) is 12.1 Å². The topological polar surface area (TPSA) is 30.5 Å². The molecule has 118 valence electrons. The molecule has 0 radical (unpaired) electrons. The largest absolute Gasteiger partial charge is 0.573 e. The van der Waals surface area contributed by atoms with Crippen LogP contribution in [0.2, 0.25) is 0 Å². The summed E-state index contributed by atoms with van der Waals surface area (Å²) in [5, 5.41) is 3.36. The minimum atomic E-state index is -4.66. The van der Waals surface area contributed by atoms with Crippen molar-refractivity contribution in [2.75, 3.05) is 7.11 Å². The summed E-state index contributed by atoms with van der Waals surface area (Å²) in [6.07, 6.45) is -3.54. The van der Waals surface area contributed by atoms with Crippen LogP contribution in [0.15, 0.2) is 24.3 Å². The summed E-state index contributed by atoms with van der Waals surface area (Å²) >= 11 is 0. The molecule has 1 saturated carbocycles. The van der Waals surface area contributed by atoms with Crippen LogP contribution in [-0.2, 0) is 11.3 Å². The number of alkyl halides is 3. The van der Waals surface area contributed by atoms with Gasteiger partial charge in [-0.15, -0.1) is 13.2 Å². The fourth-order valence-corrected chi connectivity index (χ4v) is 2.73. The van der Waals surface area contributed by atoms with Gasteiger partial charge in [-0.1, -0.05) is 26.0 Å². The molecule has 1 aromatic rings. The summed E-state index contributed by atoms with van der Waals surface area (Å²) in [6.45, 7) is 4.73. The molecule has 0 aliphatic heterocycles. The molecule has 3 nitrogen and oxygen atoms in total. The van der Waals surface area contributed by atoms with Gasteiger partial charge in [-0.2, -0.15) is 0 Å². The van der Waals surface area contributed by atoms with Gasteiger partial charge in [0.05, 0.1) is 6.10 Å². The Labute approximate surface area is 122 Å². The number of nitrogens with one attached hydrogen (secondary N) is 1. The van der Waals surface area contributed by atoms with Crippen LogP contribution < -0.4 is 10.1 Å². The summed E-state index contributed by atoms with van der Waals surface area (Å²) in [6, 6.07) is 6.32. The van der Waals surface area contributed by atoms with E-state index in [1.807, 2.05) is 0 Å². The third-order valence-electron chi connectivity index (χ3n) is 4.15. The Morgan fingerprint density at radius 3 is 2.62 bits per heavy atom. The number of ether oxygens (including phenoxy) is 2. The first-order valence-corrected chi connectivity index (χ1v) is 6.83. The molecular weight excluding hydrogens is 283 g/mol. The Morgan fingerprint density at radius 1 is 1.33 bits per heavy atom. The van der Waals surface area contributed by atoms with Crippen molar-refractivity contribution in [3.63, 3.8) is 0 Å². The van der Waals surface area contributed by atoms with Crippen molar-refractivity contribution in [2.24, 2.45) is 5.41 Å². The van der Waals surface area contributed by atoms with Crippen LogP contribution in [0.4, 0.5) is 13.2 Å². The van der Waals surface area contributed by atoms with E-state index in [2.05, 4.69) is 23.9 Å². The lowest BCUT2D eigenvalue weighted by molar-refractivity contribution is -0.274. The van der Waals surface area contributed by atoms with E-state index < -0.39 is 6.36 Å². The Balaban J connectivity index is 1.91. The second kappa shape index (κ2) is 5.85. The SMILES string of the molecule is COC1CC(NCc2cccc(OC(F)(F)F)c2)C1(C)C. The zero-order chi connectivity index (χ0) is 15.7. The lowest BCUT2D eigenvalue weighted by Gasteiger charge is -2.51. The minimum absolute atomic E-state index is 0.0226. The lowest BCUT2D eigenvalue weighted by Crippen LogP contribution is -2.60. The van der Waals surface area contributed by atoms with Crippen LogP contribution in [0.1, 0.15) is 25.8 Å². The van der Waals surface area contributed by atoms with Gasteiger partial charge in [0, 0.05) is 25.1 Å². The van der Waals surface area contributed by atoms with Crippen LogP contribution in [0, 0.1) is 5.41 Å². The van der Waals surface area contributed by atoms with Crippen molar-refractivity contribution < 1.29 is 22.6 Å².